The molecule has 0 aromatic heterocycles. The molecule has 0 spiro atoms. The first-order valence-corrected chi connectivity index (χ1v) is 3.60. The van der Waals surface area contributed by atoms with Crippen molar-refractivity contribution in [3.05, 3.63) is 23.8 Å². The van der Waals surface area contributed by atoms with E-state index in [1.807, 2.05) is 12.8 Å². The molecule has 0 aromatic carbocycles. The summed E-state index contributed by atoms with van der Waals surface area (Å²) in [6, 6.07) is 0. The highest BCUT2D eigenvalue weighted by molar-refractivity contribution is 5.30. The van der Waals surface area contributed by atoms with Gasteiger partial charge in [0, 0.05) is 0 Å². The third-order valence-electron chi connectivity index (χ3n) is 1.19. The van der Waals surface area contributed by atoms with Crippen LogP contribution in [0.5, 0.6) is 0 Å². The zero-order valence-electron chi connectivity index (χ0n) is 7.13. The third-order valence-corrected chi connectivity index (χ3v) is 1.19. The van der Waals surface area contributed by atoms with Crippen molar-refractivity contribution in [1.29, 1.82) is 0 Å². The van der Waals surface area contributed by atoms with Gasteiger partial charge in [-0.05, 0) is 25.3 Å². The van der Waals surface area contributed by atoms with Crippen molar-refractivity contribution in [1.82, 2.24) is 0 Å². The summed E-state index contributed by atoms with van der Waals surface area (Å²) in [7, 11) is 0. The number of aliphatic imine (C=N–C) groups is 1. The van der Waals surface area contributed by atoms with Gasteiger partial charge in [-0.3, -0.25) is 4.99 Å². The highest BCUT2D eigenvalue weighted by atomic mass is 19.1. The SMILES string of the molecule is C#CC(F)/C=C(\C=C/C)CN=C. The fraction of sp³-hybridized carbons (Fsp3) is 0.300. The van der Waals surface area contributed by atoms with Crippen molar-refractivity contribution in [3.63, 3.8) is 0 Å². The number of rotatable bonds is 4. The molecule has 12 heavy (non-hydrogen) atoms. The lowest BCUT2D eigenvalue weighted by molar-refractivity contribution is 0.480. The van der Waals surface area contributed by atoms with Crippen LogP contribution in [0.4, 0.5) is 4.39 Å². The molecule has 0 saturated heterocycles. The minimum Gasteiger partial charge on any atom is -0.296 e. The average molecular weight is 165 g/mol. The van der Waals surface area contributed by atoms with Gasteiger partial charge in [0.05, 0.1) is 6.54 Å². The van der Waals surface area contributed by atoms with E-state index in [9.17, 15) is 4.39 Å². The fourth-order valence-electron chi connectivity index (χ4n) is 0.740. The predicted molar refractivity (Wildman–Crippen MR) is 51.0 cm³/mol. The number of nitrogens with zero attached hydrogens (tertiary/aromatic N) is 1. The van der Waals surface area contributed by atoms with Crippen LogP contribution in [0.15, 0.2) is 28.8 Å². The second-order valence-electron chi connectivity index (χ2n) is 2.19. The second kappa shape index (κ2) is 6.36. The number of hydrogen-bond donors (Lipinski definition) is 0. The van der Waals surface area contributed by atoms with Gasteiger partial charge in [0.2, 0.25) is 0 Å². The summed E-state index contributed by atoms with van der Waals surface area (Å²) in [6.07, 6.45) is 8.46. The molecule has 1 nitrogen and oxygen atoms in total. The molecule has 0 heterocycles. The Kier molecular flexibility index (Phi) is 5.64. The molecule has 0 aliphatic heterocycles. The van der Waals surface area contributed by atoms with Crippen molar-refractivity contribution in [2.75, 3.05) is 6.54 Å². The largest absolute Gasteiger partial charge is 0.296 e. The first-order valence-electron chi connectivity index (χ1n) is 3.60. The summed E-state index contributed by atoms with van der Waals surface area (Å²) in [5.41, 5.74) is 0.748. The van der Waals surface area contributed by atoms with Gasteiger partial charge >= 0.3 is 0 Å². The summed E-state index contributed by atoms with van der Waals surface area (Å²) in [6.45, 7) is 5.56. The Morgan fingerprint density at radius 2 is 2.50 bits per heavy atom. The Morgan fingerprint density at radius 1 is 1.83 bits per heavy atom. The topological polar surface area (TPSA) is 12.4 Å². The van der Waals surface area contributed by atoms with Crippen LogP contribution in [0.25, 0.3) is 0 Å². The molecule has 0 aromatic rings. The van der Waals surface area contributed by atoms with Crippen LogP contribution < -0.4 is 0 Å². The second-order valence-corrected chi connectivity index (χ2v) is 2.19. The Labute approximate surface area is 72.7 Å². The van der Waals surface area contributed by atoms with Crippen LogP contribution in [0.2, 0.25) is 0 Å². The van der Waals surface area contributed by atoms with Crippen LogP contribution in [-0.4, -0.2) is 19.4 Å². The molecule has 1 unspecified atom stereocenters. The zero-order chi connectivity index (χ0) is 9.40. The average Bonchev–Trinajstić information content (AvgIpc) is 2.05. The maximum absolute atomic E-state index is 12.6. The van der Waals surface area contributed by atoms with Gasteiger partial charge in [0.1, 0.15) is 0 Å². The summed E-state index contributed by atoms with van der Waals surface area (Å²) >= 11 is 0. The Hall–Kier alpha value is -1.36. The van der Waals surface area contributed by atoms with Crippen molar-refractivity contribution in [2.24, 2.45) is 4.99 Å². The number of alkyl halides is 1. The maximum atomic E-state index is 12.6. The fourth-order valence-corrected chi connectivity index (χ4v) is 0.740. The lowest BCUT2D eigenvalue weighted by Gasteiger charge is -1.97. The van der Waals surface area contributed by atoms with E-state index in [-0.39, 0.29) is 0 Å². The smallest absolute Gasteiger partial charge is 0.179 e. The summed E-state index contributed by atoms with van der Waals surface area (Å²) in [4.78, 5) is 3.64. The standard InChI is InChI=1S/C10H12FN/c1-4-6-9(8-12-3)7-10(11)5-2/h2,4,6-7,10H,3,8H2,1H3/b6-4-,9-7+. The minimum absolute atomic E-state index is 0.395. The van der Waals surface area contributed by atoms with Crippen molar-refractivity contribution in [2.45, 2.75) is 13.1 Å². The first kappa shape index (κ1) is 10.6. The quantitative estimate of drug-likeness (QED) is 0.344. The first-order chi connectivity index (χ1) is 5.74. The van der Waals surface area contributed by atoms with E-state index in [4.69, 9.17) is 6.42 Å². The van der Waals surface area contributed by atoms with Crippen LogP contribution in [-0.2, 0) is 0 Å². The molecular weight excluding hydrogens is 153 g/mol. The van der Waals surface area contributed by atoms with Crippen LogP contribution >= 0.6 is 0 Å². The molecule has 2 heteroatoms. The highest BCUT2D eigenvalue weighted by Gasteiger charge is 1.97. The van der Waals surface area contributed by atoms with Gasteiger partial charge < -0.3 is 0 Å². The van der Waals surface area contributed by atoms with Gasteiger partial charge in [-0.25, -0.2) is 4.39 Å². The van der Waals surface area contributed by atoms with E-state index in [2.05, 4.69) is 11.7 Å². The van der Waals surface area contributed by atoms with Crippen molar-refractivity contribution < 1.29 is 4.39 Å². The molecule has 0 fully saturated rings. The van der Waals surface area contributed by atoms with E-state index >= 15 is 0 Å². The summed E-state index contributed by atoms with van der Waals surface area (Å²) in [5.74, 6) is 1.97. The van der Waals surface area contributed by atoms with Gasteiger partial charge in [0.15, 0.2) is 6.17 Å². The molecule has 0 aliphatic rings. The van der Waals surface area contributed by atoms with Gasteiger partial charge in [-0.1, -0.05) is 18.1 Å². The van der Waals surface area contributed by atoms with Crippen LogP contribution in [0, 0.1) is 12.3 Å². The molecule has 64 valence electrons. The van der Waals surface area contributed by atoms with Gasteiger partial charge in [-0.2, -0.15) is 0 Å². The number of hydrogen-bond acceptors (Lipinski definition) is 1. The van der Waals surface area contributed by atoms with Crippen molar-refractivity contribution >= 4 is 6.72 Å². The number of halogens is 1. The van der Waals surface area contributed by atoms with E-state index in [1.165, 1.54) is 6.08 Å². The van der Waals surface area contributed by atoms with Crippen molar-refractivity contribution in [3.8, 4) is 12.3 Å². The molecule has 0 aliphatic carbocycles. The minimum atomic E-state index is -1.34. The molecule has 0 bridgehead atoms. The lowest BCUT2D eigenvalue weighted by Crippen LogP contribution is -1.93. The lowest BCUT2D eigenvalue weighted by atomic mass is 10.2. The third kappa shape index (κ3) is 4.45. The predicted octanol–water partition coefficient (Wildman–Crippen LogP) is 2.16. The Balaban J connectivity index is 4.38. The monoisotopic (exact) mass is 165 g/mol. The Morgan fingerprint density at radius 3 is 2.92 bits per heavy atom. The maximum Gasteiger partial charge on any atom is 0.179 e. The molecule has 0 saturated carbocycles. The molecule has 0 amide bonds. The van der Waals surface area contributed by atoms with Crippen LogP contribution in [0.1, 0.15) is 6.92 Å². The van der Waals surface area contributed by atoms with E-state index in [0.29, 0.717) is 6.54 Å². The molecule has 1 atom stereocenters. The number of allylic oxidation sites excluding steroid dienone is 2. The van der Waals surface area contributed by atoms with Gasteiger partial charge in [0.25, 0.3) is 0 Å². The van der Waals surface area contributed by atoms with E-state index < -0.39 is 6.17 Å². The van der Waals surface area contributed by atoms with E-state index in [0.717, 1.165) is 5.57 Å². The highest BCUT2D eigenvalue weighted by Crippen LogP contribution is 2.02. The molecule has 0 N–H and O–H groups in total. The normalized spacial score (nSPS) is 14.2. The molecule has 0 radical (unpaired) electrons. The Bertz CT molecular complexity index is 233. The molecular formula is C10H12FN. The number of terminal acetylenes is 1. The van der Waals surface area contributed by atoms with E-state index in [1.54, 1.807) is 12.2 Å². The molecule has 0 rings (SSSR count). The van der Waals surface area contributed by atoms with Gasteiger partial charge in [-0.15, -0.1) is 6.42 Å². The zero-order valence-corrected chi connectivity index (χ0v) is 7.13. The van der Waals surface area contributed by atoms with Crippen LogP contribution in [0.3, 0.4) is 0 Å². The summed E-state index contributed by atoms with van der Waals surface area (Å²) < 4.78 is 12.6. The summed E-state index contributed by atoms with van der Waals surface area (Å²) in [5, 5.41) is 0.